The Labute approximate surface area is 117 Å². The van der Waals surface area contributed by atoms with E-state index in [-0.39, 0.29) is 4.88 Å². The first kappa shape index (κ1) is 13.1. The van der Waals surface area contributed by atoms with Crippen molar-refractivity contribution < 1.29 is 9.90 Å². The molecule has 3 nitrogen and oxygen atoms in total. The van der Waals surface area contributed by atoms with Gasteiger partial charge in [-0.15, -0.1) is 11.3 Å². The number of rotatable bonds is 3. The molecule has 0 bridgehead atoms. The van der Waals surface area contributed by atoms with Gasteiger partial charge in [0, 0.05) is 10.0 Å². The maximum Gasteiger partial charge on any atom is 0.347 e. The van der Waals surface area contributed by atoms with Crippen LogP contribution in [-0.2, 0) is 0 Å². The van der Waals surface area contributed by atoms with E-state index >= 15 is 0 Å². The van der Waals surface area contributed by atoms with Crippen molar-refractivity contribution in [1.29, 1.82) is 0 Å². The summed E-state index contributed by atoms with van der Waals surface area (Å²) in [4.78, 5) is 14.9. The molecule has 0 amide bonds. The van der Waals surface area contributed by atoms with Gasteiger partial charge in [0.05, 0.1) is 6.20 Å². The molecule has 1 N–H and O–H groups in total. The highest BCUT2D eigenvalue weighted by molar-refractivity contribution is 7.14. The highest BCUT2D eigenvalue weighted by atomic mass is 35.5. The Hall–Kier alpha value is -1.36. The Kier molecular flexibility index (Phi) is 4.01. The van der Waals surface area contributed by atoms with Crippen LogP contribution in [-0.4, -0.2) is 16.1 Å². The number of aromatic carboxylic acids is 1. The van der Waals surface area contributed by atoms with E-state index in [1.807, 2.05) is 0 Å². The summed E-state index contributed by atoms with van der Waals surface area (Å²) in [6, 6.07) is 5.16. The molecule has 0 saturated heterocycles. The van der Waals surface area contributed by atoms with Gasteiger partial charge in [0.15, 0.2) is 0 Å². The minimum Gasteiger partial charge on any atom is -0.477 e. The number of carboxylic acid groups (broad SMARTS) is 1. The quantitative estimate of drug-likeness (QED) is 0.918. The molecule has 1 aromatic carbocycles. The lowest BCUT2D eigenvalue weighted by Crippen LogP contribution is -1.89. The fraction of sp³-hybridized carbons (Fsp3) is 0. The van der Waals surface area contributed by atoms with Crippen LogP contribution >= 0.6 is 34.5 Å². The molecule has 0 spiro atoms. The van der Waals surface area contributed by atoms with Crippen molar-refractivity contribution in [3.63, 3.8) is 0 Å². The number of halogens is 2. The molecular formula is C12H7Cl2NO2S. The molecule has 0 fully saturated rings. The van der Waals surface area contributed by atoms with Crippen LogP contribution in [0.3, 0.4) is 0 Å². The Bertz CT molecular complexity index is 622. The van der Waals surface area contributed by atoms with Crippen molar-refractivity contribution in [3.05, 3.63) is 49.9 Å². The summed E-state index contributed by atoms with van der Waals surface area (Å²) in [6.07, 6.45) is 4.81. The lowest BCUT2D eigenvalue weighted by atomic mass is 10.2. The summed E-state index contributed by atoms with van der Waals surface area (Å²) < 4.78 is 0. The van der Waals surface area contributed by atoms with Crippen molar-refractivity contribution >= 4 is 52.7 Å². The second-order valence-electron chi connectivity index (χ2n) is 3.37. The van der Waals surface area contributed by atoms with Gasteiger partial charge in [0.25, 0.3) is 0 Å². The minimum absolute atomic E-state index is 0.205. The van der Waals surface area contributed by atoms with Crippen molar-refractivity contribution in [2.75, 3.05) is 0 Å². The minimum atomic E-state index is -0.975. The first-order valence-corrected chi connectivity index (χ1v) is 6.46. The molecule has 18 heavy (non-hydrogen) atoms. The Morgan fingerprint density at radius 3 is 2.72 bits per heavy atom. The number of benzene rings is 1. The molecule has 1 heterocycles. The maximum atomic E-state index is 10.7. The van der Waals surface area contributed by atoms with Crippen LogP contribution in [0.15, 0.2) is 24.4 Å². The highest BCUT2D eigenvalue weighted by Gasteiger charge is 2.06. The normalized spacial score (nSPS) is 11.0. The average molecular weight is 300 g/mol. The molecule has 0 aliphatic heterocycles. The van der Waals surface area contributed by atoms with Gasteiger partial charge < -0.3 is 5.11 Å². The van der Waals surface area contributed by atoms with E-state index in [1.54, 1.807) is 30.4 Å². The topological polar surface area (TPSA) is 50.2 Å². The molecular weight excluding hydrogens is 293 g/mol. The van der Waals surface area contributed by atoms with Crippen LogP contribution < -0.4 is 0 Å². The van der Waals surface area contributed by atoms with E-state index in [9.17, 15) is 4.79 Å². The standard InChI is InChI=1S/C12H7Cl2NO2S/c13-8-3-1-7(9(14)5-8)2-4-11-15-6-10(18-11)12(16)17/h1-6H,(H,16,17)/b4-2+. The zero-order valence-electron chi connectivity index (χ0n) is 8.93. The van der Waals surface area contributed by atoms with E-state index in [0.717, 1.165) is 16.9 Å². The monoisotopic (exact) mass is 299 g/mol. The zero-order chi connectivity index (χ0) is 13.1. The summed E-state index contributed by atoms with van der Waals surface area (Å²) >= 11 is 12.9. The van der Waals surface area contributed by atoms with Crippen LogP contribution in [0.25, 0.3) is 12.2 Å². The van der Waals surface area contributed by atoms with Gasteiger partial charge in [-0.3, -0.25) is 0 Å². The highest BCUT2D eigenvalue weighted by Crippen LogP contribution is 2.23. The van der Waals surface area contributed by atoms with Gasteiger partial charge in [-0.25, -0.2) is 9.78 Å². The third-order valence-corrected chi connectivity index (χ3v) is 3.62. The maximum absolute atomic E-state index is 10.7. The van der Waals surface area contributed by atoms with Crippen molar-refractivity contribution in [3.8, 4) is 0 Å². The first-order valence-electron chi connectivity index (χ1n) is 4.88. The van der Waals surface area contributed by atoms with Crippen LogP contribution in [0.2, 0.25) is 10.0 Å². The number of carboxylic acids is 1. The lowest BCUT2D eigenvalue weighted by molar-refractivity contribution is 0.0702. The van der Waals surface area contributed by atoms with Gasteiger partial charge in [-0.1, -0.05) is 35.3 Å². The number of aromatic nitrogens is 1. The van der Waals surface area contributed by atoms with Crippen LogP contribution in [0.4, 0.5) is 0 Å². The number of thiazole rings is 1. The first-order chi connectivity index (χ1) is 8.56. The fourth-order valence-electron chi connectivity index (χ4n) is 1.26. The molecule has 0 aliphatic rings. The van der Waals surface area contributed by atoms with E-state index in [4.69, 9.17) is 28.3 Å². The zero-order valence-corrected chi connectivity index (χ0v) is 11.3. The molecule has 92 valence electrons. The van der Waals surface area contributed by atoms with Crippen molar-refractivity contribution in [2.24, 2.45) is 0 Å². The molecule has 0 saturated carbocycles. The summed E-state index contributed by atoms with van der Waals surface area (Å²) in [5, 5.41) is 10.5. The van der Waals surface area contributed by atoms with E-state index in [0.29, 0.717) is 15.1 Å². The van der Waals surface area contributed by atoms with Gasteiger partial charge in [0.2, 0.25) is 0 Å². The van der Waals surface area contributed by atoms with Gasteiger partial charge in [0.1, 0.15) is 9.88 Å². The van der Waals surface area contributed by atoms with Gasteiger partial charge in [-0.05, 0) is 23.8 Å². The third-order valence-electron chi connectivity index (χ3n) is 2.10. The summed E-state index contributed by atoms with van der Waals surface area (Å²) in [6.45, 7) is 0. The third kappa shape index (κ3) is 3.10. The van der Waals surface area contributed by atoms with Crippen LogP contribution in [0, 0.1) is 0 Å². The fourth-order valence-corrected chi connectivity index (χ4v) is 2.39. The smallest absolute Gasteiger partial charge is 0.347 e. The lowest BCUT2D eigenvalue weighted by Gasteiger charge is -1.97. The van der Waals surface area contributed by atoms with Gasteiger partial charge in [-0.2, -0.15) is 0 Å². The SMILES string of the molecule is O=C(O)c1cnc(/C=C/c2ccc(Cl)cc2Cl)s1. The number of hydrogen-bond acceptors (Lipinski definition) is 3. The van der Waals surface area contributed by atoms with Crippen LogP contribution in [0.1, 0.15) is 20.2 Å². The van der Waals surface area contributed by atoms with Crippen molar-refractivity contribution in [1.82, 2.24) is 4.98 Å². The molecule has 2 aromatic rings. The molecule has 1 aromatic heterocycles. The average Bonchev–Trinajstić information content (AvgIpc) is 2.76. The predicted molar refractivity (Wildman–Crippen MR) is 74.5 cm³/mol. The Morgan fingerprint density at radius 1 is 1.33 bits per heavy atom. The Morgan fingerprint density at radius 2 is 2.11 bits per heavy atom. The van der Waals surface area contributed by atoms with E-state index < -0.39 is 5.97 Å². The number of carbonyl (C=O) groups is 1. The molecule has 0 radical (unpaired) electrons. The number of nitrogens with zero attached hydrogens (tertiary/aromatic N) is 1. The summed E-state index contributed by atoms with van der Waals surface area (Å²) in [5.41, 5.74) is 0.799. The molecule has 0 unspecified atom stereocenters. The largest absolute Gasteiger partial charge is 0.477 e. The molecule has 6 heteroatoms. The summed E-state index contributed by atoms with van der Waals surface area (Å²) in [5.74, 6) is -0.975. The van der Waals surface area contributed by atoms with E-state index in [2.05, 4.69) is 4.98 Å². The second kappa shape index (κ2) is 5.52. The van der Waals surface area contributed by atoms with Crippen molar-refractivity contribution in [2.45, 2.75) is 0 Å². The summed E-state index contributed by atoms with van der Waals surface area (Å²) in [7, 11) is 0. The molecule has 0 atom stereocenters. The van der Waals surface area contributed by atoms with Gasteiger partial charge >= 0.3 is 5.97 Å². The predicted octanol–water partition coefficient (Wildman–Crippen LogP) is 4.32. The molecule has 0 aliphatic carbocycles. The number of hydrogen-bond donors (Lipinski definition) is 1. The van der Waals surface area contributed by atoms with Crippen LogP contribution in [0.5, 0.6) is 0 Å². The Balaban J connectivity index is 2.21. The molecule has 2 rings (SSSR count). The van der Waals surface area contributed by atoms with E-state index in [1.165, 1.54) is 6.20 Å². The second-order valence-corrected chi connectivity index (χ2v) is 5.27.